The van der Waals surface area contributed by atoms with Gasteiger partial charge in [-0.15, -0.1) is 0 Å². The van der Waals surface area contributed by atoms with Crippen LogP contribution < -0.4 is 21.7 Å². The lowest BCUT2D eigenvalue weighted by Gasteiger charge is -2.32. The van der Waals surface area contributed by atoms with Crippen LogP contribution >= 0.6 is 0 Å². The fraction of sp³-hybridized carbons (Fsp3) is 0.525. The van der Waals surface area contributed by atoms with E-state index in [1.807, 2.05) is 52.0 Å². The van der Waals surface area contributed by atoms with Crippen LogP contribution in [0.5, 0.6) is 0 Å². The average Bonchev–Trinajstić information content (AvgIpc) is 3.88. The van der Waals surface area contributed by atoms with Crippen molar-refractivity contribution in [1.82, 2.24) is 25.3 Å². The number of esters is 1. The molecule has 310 valence electrons. The number of hydrogen-bond acceptors (Lipinski definition) is 9. The lowest BCUT2D eigenvalue weighted by molar-refractivity contribution is -0.153. The zero-order valence-corrected chi connectivity index (χ0v) is 33.6. The summed E-state index contributed by atoms with van der Waals surface area (Å²) >= 11 is 0. The number of nitrogens with two attached hydrogens (primary N) is 1. The van der Waals surface area contributed by atoms with Crippen molar-refractivity contribution in [3.05, 3.63) is 66.2 Å². The molecule has 2 heterocycles. The number of aliphatic hydroxyl groups excluding tert-OH is 1. The van der Waals surface area contributed by atoms with Crippen LogP contribution in [-0.4, -0.2) is 126 Å². The summed E-state index contributed by atoms with van der Waals surface area (Å²) < 4.78 is 5.21. The number of rotatable bonds is 14. The number of benzene rings is 2. The lowest BCUT2D eigenvalue weighted by Crippen LogP contribution is -2.54. The molecule has 3 unspecified atom stereocenters. The largest absolute Gasteiger partial charge is 0.464 e. The molecule has 0 spiro atoms. The monoisotopic (exact) mass is 783 g/mol. The first-order chi connectivity index (χ1) is 26.8. The van der Waals surface area contributed by atoms with Crippen LogP contribution in [0.3, 0.4) is 0 Å². The molecule has 0 aliphatic carbocycles. The van der Waals surface area contributed by atoms with E-state index in [9.17, 15) is 38.7 Å². The van der Waals surface area contributed by atoms with Crippen molar-refractivity contribution in [2.45, 2.75) is 97.3 Å². The maximum absolute atomic E-state index is 13.1. The molecule has 4 rings (SSSR count). The number of anilines is 1. The Morgan fingerprint density at radius 1 is 0.946 bits per heavy atom. The lowest BCUT2D eigenvalue weighted by atomic mass is 10.1. The minimum atomic E-state index is -0.837. The van der Waals surface area contributed by atoms with E-state index in [1.165, 1.54) is 27.3 Å². The second-order valence-electron chi connectivity index (χ2n) is 13.1. The van der Waals surface area contributed by atoms with E-state index in [-0.39, 0.29) is 56.4 Å². The summed E-state index contributed by atoms with van der Waals surface area (Å²) in [4.78, 5) is 87.2. The first kappa shape index (κ1) is 48.5. The predicted molar refractivity (Wildman–Crippen MR) is 213 cm³/mol. The van der Waals surface area contributed by atoms with Gasteiger partial charge >= 0.3 is 12.0 Å². The van der Waals surface area contributed by atoms with Gasteiger partial charge in [-0.1, -0.05) is 67.9 Å². The van der Waals surface area contributed by atoms with Crippen LogP contribution in [0.1, 0.15) is 71.8 Å². The SMILES string of the molecule is CC.CC(C)NC(=O)C(CCO)N(C)C(=O)C1CCCN1C(=O)CCOC(=O)C1CCCN1C=O.Cc1ccccc1.NC(=O)CNC(=O)Nc1ccccc1. The van der Waals surface area contributed by atoms with Gasteiger partial charge in [-0.2, -0.15) is 0 Å². The minimum Gasteiger partial charge on any atom is -0.464 e. The van der Waals surface area contributed by atoms with E-state index in [1.54, 1.807) is 24.3 Å². The number of nitrogens with one attached hydrogen (secondary N) is 3. The molecule has 16 nitrogen and oxygen atoms in total. The van der Waals surface area contributed by atoms with Crippen LogP contribution in [0.15, 0.2) is 60.7 Å². The number of carbonyl (C=O) groups excluding carboxylic acids is 7. The minimum absolute atomic E-state index is 0.0685. The maximum Gasteiger partial charge on any atom is 0.328 e. The van der Waals surface area contributed by atoms with Crippen molar-refractivity contribution in [3.63, 3.8) is 0 Å². The second kappa shape index (κ2) is 27.1. The molecule has 0 saturated carbocycles. The van der Waals surface area contributed by atoms with Crippen LogP contribution in [0.4, 0.5) is 10.5 Å². The highest BCUT2D eigenvalue weighted by molar-refractivity contribution is 5.93. The molecule has 2 aliphatic rings. The number of primary amides is 1. The summed E-state index contributed by atoms with van der Waals surface area (Å²) in [5, 5.41) is 17.0. The zero-order valence-electron chi connectivity index (χ0n) is 33.6. The summed E-state index contributed by atoms with van der Waals surface area (Å²) in [6.07, 6.45) is 3.05. The third-order valence-electron chi connectivity index (χ3n) is 8.47. The van der Waals surface area contributed by atoms with Gasteiger partial charge in [0.15, 0.2) is 0 Å². The Morgan fingerprint density at radius 3 is 2.07 bits per heavy atom. The highest BCUT2D eigenvalue weighted by Gasteiger charge is 2.39. The smallest absolute Gasteiger partial charge is 0.328 e. The number of likely N-dealkylation sites (tertiary alicyclic amines) is 2. The fourth-order valence-electron chi connectivity index (χ4n) is 5.76. The van der Waals surface area contributed by atoms with Gasteiger partial charge in [-0.25, -0.2) is 9.59 Å². The zero-order chi connectivity index (χ0) is 42.0. The van der Waals surface area contributed by atoms with Gasteiger partial charge in [0.2, 0.25) is 30.0 Å². The summed E-state index contributed by atoms with van der Waals surface area (Å²) in [6.45, 7) is 10.1. The van der Waals surface area contributed by atoms with Crippen LogP contribution in [-0.2, 0) is 33.5 Å². The Balaban J connectivity index is 0.000000552. The molecular formula is C40H61N7O9. The number of ether oxygens (including phenoxy) is 1. The molecule has 6 N–H and O–H groups in total. The van der Waals surface area contributed by atoms with Crippen molar-refractivity contribution in [1.29, 1.82) is 0 Å². The molecule has 7 amide bonds. The Hall–Kier alpha value is -5.51. The Bertz CT molecular complexity index is 1510. The van der Waals surface area contributed by atoms with E-state index >= 15 is 0 Å². The van der Waals surface area contributed by atoms with E-state index in [0.717, 1.165) is 6.42 Å². The fourth-order valence-corrected chi connectivity index (χ4v) is 5.76. The topological polar surface area (TPSA) is 221 Å². The van der Waals surface area contributed by atoms with Crippen LogP contribution in [0.2, 0.25) is 0 Å². The number of aryl methyl sites for hydroxylation is 1. The maximum atomic E-state index is 13.1. The predicted octanol–water partition coefficient (Wildman–Crippen LogP) is 2.58. The summed E-state index contributed by atoms with van der Waals surface area (Å²) in [5.74, 6) is -2.12. The number of hydrogen-bond donors (Lipinski definition) is 5. The molecule has 2 aromatic carbocycles. The van der Waals surface area contributed by atoms with Gasteiger partial charge in [-0.3, -0.25) is 24.0 Å². The molecule has 16 heteroatoms. The van der Waals surface area contributed by atoms with Gasteiger partial charge in [0, 0.05) is 38.5 Å². The molecule has 2 fully saturated rings. The van der Waals surface area contributed by atoms with E-state index in [4.69, 9.17) is 10.5 Å². The van der Waals surface area contributed by atoms with Gasteiger partial charge in [0.05, 0.1) is 13.0 Å². The van der Waals surface area contributed by atoms with Crippen molar-refractivity contribution in [2.75, 3.05) is 45.2 Å². The van der Waals surface area contributed by atoms with Gasteiger partial charge in [0.1, 0.15) is 24.7 Å². The standard InChI is InChI=1S/C22H36N4O7.C9H11N3O2.C7H8.C2H6/c1-15(2)23-20(30)16(8-12-27)24(3)21(31)17-6-5-11-26(17)19(29)9-13-33-22(32)18-7-4-10-25(18)14-28;10-8(13)6-11-9(14)12-7-4-2-1-3-5-7;1-7-5-3-2-4-6-7;1-2/h14-18,27H,4-13H2,1-3H3,(H,23,30);1-5H,6H2,(H2,10,13)(H2,11,12,14);2-6H,1H3;1-2H3. The normalized spacial score (nSPS) is 15.9. The molecule has 56 heavy (non-hydrogen) atoms. The highest BCUT2D eigenvalue weighted by Crippen LogP contribution is 2.22. The van der Waals surface area contributed by atoms with Crippen molar-refractivity contribution in [2.24, 2.45) is 5.73 Å². The van der Waals surface area contributed by atoms with Gasteiger partial charge in [-0.05, 0) is 65.0 Å². The quantitative estimate of drug-likeness (QED) is 0.140. The van der Waals surface area contributed by atoms with E-state index in [2.05, 4.69) is 35.0 Å². The second-order valence-corrected chi connectivity index (χ2v) is 13.1. The van der Waals surface area contributed by atoms with Gasteiger partial charge < -0.3 is 46.2 Å². The van der Waals surface area contributed by atoms with Crippen LogP contribution in [0, 0.1) is 6.92 Å². The number of nitrogens with zero attached hydrogens (tertiary/aromatic N) is 3. The Kier molecular flexibility index (Phi) is 23.5. The van der Waals surface area contributed by atoms with E-state index in [0.29, 0.717) is 44.4 Å². The number of urea groups is 1. The molecular weight excluding hydrogens is 722 g/mol. The molecule has 0 bridgehead atoms. The van der Waals surface area contributed by atoms with Crippen molar-refractivity contribution >= 4 is 47.7 Å². The summed E-state index contributed by atoms with van der Waals surface area (Å²) in [6, 6.07) is 16.5. The number of para-hydroxylation sites is 1. The molecule has 0 aromatic heterocycles. The number of amides is 7. The third-order valence-corrected chi connectivity index (χ3v) is 8.47. The first-order valence-electron chi connectivity index (χ1n) is 19.0. The Morgan fingerprint density at radius 2 is 1.54 bits per heavy atom. The number of likely N-dealkylation sites (N-methyl/N-ethyl adjacent to an activating group) is 1. The molecule has 2 saturated heterocycles. The van der Waals surface area contributed by atoms with Crippen molar-refractivity contribution < 1.29 is 43.4 Å². The molecule has 2 aliphatic heterocycles. The Labute approximate surface area is 330 Å². The molecule has 2 aromatic rings. The van der Waals surface area contributed by atoms with Gasteiger partial charge in [0.25, 0.3) is 0 Å². The third kappa shape index (κ3) is 17.8. The molecule has 0 radical (unpaired) electrons. The first-order valence-corrected chi connectivity index (χ1v) is 19.0. The average molecular weight is 784 g/mol. The summed E-state index contributed by atoms with van der Waals surface area (Å²) in [5.41, 5.74) is 6.84. The van der Waals surface area contributed by atoms with E-state index < -0.39 is 36.0 Å². The molecule has 3 atom stereocenters. The van der Waals surface area contributed by atoms with Crippen molar-refractivity contribution in [3.8, 4) is 0 Å². The number of aliphatic hydroxyl groups is 1. The summed E-state index contributed by atoms with van der Waals surface area (Å²) in [7, 11) is 1.51. The highest BCUT2D eigenvalue weighted by atomic mass is 16.5. The van der Waals surface area contributed by atoms with Crippen LogP contribution in [0.25, 0.3) is 0 Å². The number of carbonyl (C=O) groups is 7.